The Hall–Kier alpha value is -0.450. The van der Waals surface area contributed by atoms with Crippen molar-refractivity contribution in [1.82, 2.24) is 10.3 Å². The van der Waals surface area contributed by atoms with E-state index in [0.717, 1.165) is 6.54 Å². The predicted octanol–water partition coefficient (Wildman–Crippen LogP) is 1.66. The van der Waals surface area contributed by atoms with Crippen LogP contribution in [0.25, 0.3) is 0 Å². The lowest BCUT2D eigenvalue weighted by molar-refractivity contribution is 0.0883. The van der Waals surface area contributed by atoms with Crippen molar-refractivity contribution in [2.45, 2.75) is 32.5 Å². The maximum Gasteiger partial charge on any atom is 0.0794 e. The first-order valence-corrected chi connectivity index (χ1v) is 5.25. The van der Waals surface area contributed by atoms with Crippen molar-refractivity contribution in [3.05, 3.63) is 16.6 Å². The van der Waals surface area contributed by atoms with Gasteiger partial charge in [-0.1, -0.05) is 0 Å². The van der Waals surface area contributed by atoms with Gasteiger partial charge < -0.3 is 10.1 Å². The molecule has 1 aromatic heterocycles. The molecule has 4 heteroatoms. The summed E-state index contributed by atoms with van der Waals surface area (Å²) in [6, 6.07) is 0.368. The van der Waals surface area contributed by atoms with Crippen LogP contribution in [0.2, 0.25) is 0 Å². The summed E-state index contributed by atoms with van der Waals surface area (Å²) in [5, 5.41) is 3.38. The zero-order valence-corrected chi connectivity index (χ0v) is 9.10. The molecule has 1 aromatic rings. The highest BCUT2D eigenvalue weighted by atomic mass is 32.1. The molecule has 13 heavy (non-hydrogen) atoms. The second-order valence-corrected chi connectivity index (χ2v) is 4.05. The molecule has 2 atom stereocenters. The first-order valence-electron chi connectivity index (χ1n) is 4.37. The van der Waals surface area contributed by atoms with E-state index in [2.05, 4.69) is 24.1 Å². The van der Waals surface area contributed by atoms with Crippen LogP contribution in [-0.4, -0.2) is 24.2 Å². The first kappa shape index (κ1) is 10.6. The van der Waals surface area contributed by atoms with Crippen molar-refractivity contribution in [2.24, 2.45) is 0 Å². The second kappa shape index (κ2) is 5.32. The number of aromatic nitrogens is 1. The Morgan fingerprint density at radius 1 is 1.62 bits per heavy atom. The van der Waals surface area contributed by atoms with E-state index in [4.69, 9.17) is 4.74 Å². The van der Waals surface area contributed by atoms with Crippen LogP contribution in [0.5, 0.6) is 0 Å². The minimum Gasteiger partial charge on any atom is -0.380 e. The summed E-state index contributed by atoms with van der Waals surface area (Å²) >= 11 is 1.67. The summed E-state index contributed by atoms with van der Waals surface area (Å²) < 4.78 is 5.21. The van der Waals surface area contributed by atoms with Crippen LogP contribution in [-0.2, 0) is 11.3 Å². The third-order valence-electron chi connectivity index (χ3n) is 2.16. The molecule has 1 N–H and O–H groups in total. The Morgan fingerprint density at radius 2 is 2.38 bits per heavy atom. The van der Waals surface area contributed by atoms with Gasteiger partial charge in [0.2, 0.25) is 0 Å². The van der Waals surface area contributed by atoms with Crippen molar-refractivity contribution in [3.8, 4) is 0 Å². The van der Waals surface area contributed by atoms with Gasteiger partial charge in [-0.25, -0.2) is 0 Å². The molecule has 3 nitrogen and oxygen atoms in total. The van der Waals surface area contributed by atoms with E-state index in [1.165, 1.54) is 4.88 Å². The Labute approximate surface area is 83.1 Å². The van der Waals surface area contributed by atoms with E-state index in [-0.39, 0.29) is 6.10 Å². The topological polar surface area (TPSA) is 34.1 Å². The highest BCUT2D eigenvalue weighted by molar-refractivity contribution is 7.09. The minimum atomic E-state index is 0.243. The van der Waals surface area contributed by atoms with E-state index in [1.54, 1.807) is 18.4 Å². The van der Waals surface area contributed by atoms with E-state index in [0.29, 0.717) is 6.04 Å². The van der Waals surface area contributed by atoms with Crippen molar-refractivity contribution in [3.63, 3.8) is 0 Å². The van der Waals surface area contributed by atoms with Crippen LogP contribution >= 0.6 is 11.3 Å². The van der Waals surface area contributed by atoms with E-state index >= 15 is 0 Å². The molecule has 2 unspecified atom stereocenters. The summed E-state index contributed by atoms with van der Waals surface area (Å²) in [5.41, 5.74) is 1.85. The van der Waals surface area contributed by atoms with Gasteiger partial charge in [0.05, 0.1) is 11.6 Å². The van der Waals surface area contributed by atoms with Gasteiger partial charge in [0, 0.05) is 30.8 Å². The predicted molar refractivity (Wildman–Crippen MR) is 54.9 cm³/mol. The van der Waals surface area contributed by atoms with Crippen LogP contribution in [0.3, 0.4) is 0 Å². The molecule has 0 aliphatic rings. The summed E-state index contributed by atoms with van der Waals surface area (Å²) in [6.45, 7) is 5.05. The zero-order valence-electron chi connectivity index (χ0n) is 8.28. The molecule has 0 amide bonds. The summed E-state index contributed by atoms with van der Waals surface area (Å²) in [7, 11) is 1.73. The normalized spacial score (nSPS) is 15.6. The standard InChI is InChI=1S/C9H16N2OS/c1-7(8(2)12-3)11-5-9-4-10-6-13-9/h4,6-8,11H,5H2,1-3H3. The molecule has 0 spiro atoms. The summed E-state index contributed by atoms with van der Waals surface area (Å²) in [5.74, 6) is 0. The molecule has 0 aliphatic heterocycles. The van der Waals surface area contributed by atoms with Crippen LogP contribution in [0, 0.1) is 0 Å². The number of methoxy groups -OCH3 is 1. The smallest absolute Gasteiger partial charge is 0.0794 e. The van der Waals surface area contributed by atoms with E-state index in [9.17, 15) is 0 Å². The summed E-state index contributed by atoms with van der Waals surface area (Å²) in [6.07, 6.45) is 2.13. The second-order valence-electron chi connectivity index (χ2n) is 3.08. The zero-order chi connectivity index (χ0) is 9.68. The van der Waals surface area contributed by atoms with Crippen LogP contribution in [0.1, 0.15) is 18.7 Å². The Kier molecular flexibility index (Phi) is 4.35. The van der Waals surface area contributed by atoms with Gasteiger partial charge in [-0.15, -0.1) is 11.3 Å². The van der Waals surface area contributed by atoms with E-state index in [1.807, 2.05) is 11.7 Å². The molecule has 0 aromatic carbocycles. The Balaban J connectivity index is 2.26. The highest BCUT2D eigenvalue weighted by Crippen LogP contribution is 2.05. The number of nitrogens with one attached hydrogen (secondary N) is 1. The molecule has 1 rings (SSSR count). The summed E-state index contributed by atoms with van der Waals surface area (Å²) in [4.78, 5) is 5.27. The number of ether oxygens (including phenoxy) is 1. The van der Waals surface area contributed by atoms with Gasteiger partial charge in [0.25, 0.3) is 0 Å². The van der Waals surface area contributed by atoms with Crippen molar-refractivity contribution in [2.75, 3.05) is 7.11 Å². The molecule has 0 aliphatic carbocycles. The number of nitrogens with zero attached hydrogens (tertiary/aromatic N) is 1. The Morgan fingerprint density at radius 3 is 2.92 bits per heavy atom. The molecular formula is C9H16N2OS. The monoisotopic (exact) mass is 200 g/mol. The van der Waals surface area contributed by atoms with Crippen molar-refractivity contribution in [1.29, 1.82) is 0 Å². The lowest BCUT2D eigenvalue weighted by Crippen LogP contribution is -2.35. The third kappa shape index (κ3) is 3.42. The van der Waals surface area contributed by atoms with Crippen LogP contribution in [0.15, 0.2) is 11.7 Å². The third-order valence-corrected chi connectivity index (χ3v) is 2.94. The van der Waals surface area contributed by atoms with Gasteiger partial charge in [-0.05, 0) is 13.8 Å². The van der Waals surface area contributed by atoms with E-state index < -0.39 is 0 Å². The largest absolute Gasteiger partial charge is 0.380 e. The lowest BCUT2D eigenvalue weighted by Gasteiger charge is -2.19. The fraction of sp³-hybridized carbons (Fsp3) is 0.667. The van der Waals surface area contributed by atoms with Gasteiger partial charge in [-0.3, -0.25) is 4.98 Å². The molecule has 0 fully saturated rings. The highest BCUT2D eigenvalue weighted by Gasteiger charge is 2.09. The number of hydrogen-bond acceptors (Lipinski definition) is 4. The lowest BCUT2D eigenvalue weighted by atomic mass is 10.2. The van der Waals surface area contributed by atoms with Crippen LogP contribution in [0.4, 0.5) is 0 Å². The molecule has 0 saturated heterocycles. The average molecular weight is 200 g/mol. The van der Waals surface area contributed by atoms with Gasteiger partial charge in [0.1, 0.15) is 0 Å². The average Bonchev–Trinajstić information content (AvgIpc) is 2.65. The molecule has 0 saturated carbocycles. The maximum atomic E-state index is 5.21. The quantitative estimate of drug-likeness (QED) is 0.785. The van der Waals surface area contributed by atoms with Crippen LogP contribution < -0.4 is 5.32 Å². The van der Waals surface area contributed by atoms with Crippen molar-refractivity contribution >= 4 is 11.3 Å². The number of rotatable bonds is 5. The fourth-order valence-electron chi connectivity index (χ4n) is 0.961. The number of thiazole rings is 1. The van der Waals surface area contributed by atoms with Gasteiger partial charge >= 0.3 is 0 Å². The molecule has 1 heterocycles. The molecular weight excluding hydrogens is 184 g/mol. The minimum absolute atomic E-state index is 0.243. The molecule has 74 valence electrons. The molecule has 0 radical (unpaired) electrons. The molecule has 0 bridgehead atoms. The Bertz CT molecular complexity index is 226. The van der Waals surface area contributed by atoms with Gasteiger partial charge in [0.15, 0.2) is 0 Å². The fourth-order valence-corrected chi connectivity index (χ4v) is 1.51. The van der Waals surface area contributed by atoms with Crippen molar-refractivity contribution < 1.29 is 4.74 Å². The number of hydrogen-bond donors (Lipinski definition) is 1. The SMILES string of the molecule is COC(C)C(C)NCc1cncs1. The maximum absolute atomic E-state index is 5.21. The first-order chi connectivity index (χ1) is 6.24. The van der Waals surface area contributed by atoms with Gasteiger partial charge in [-0.2, -0.15) is 0 Å².